The Bertz CT molecular complexity index is 311. The summed E-state index contributed by atoms with van der Waals surface area (Å²) in [5, 5.41) is 7.55. The molecule has 0 bridgehead atoms. The summed E-state index contributed by atoms with van der Waals surface area (Å²) in [7, 11) is -2.27. The molecule has 4 heteroatoms. The van der Waals surface area contributed by atoms with Gasteiger partial charge in [0.15, 0.2) is 0 Å². The van der Waals surface area contributed by atoms with Crippen LogP contribution in [0.4, 0.5) is 0 Å². The second-order valence-corrected chi connectivity index (χ2v) is 8.72. The van der Waals surface area contributed by atoms with Gasteiger partial charge in [-0.2, -0.15) is 4.52 Å². The topological polar surface area (TPSA) is 56.1 Å². The molecule has 1 N–H and O–H groups in total. The minimum atomic E-state index is -2.27. The van der Waals surface area contributed by atoms with Crippen molar-refractivity contribution in [2.24, 2.45) is 0 Å². The molecule has 0 heterocycles. The second kappa shape index (κ2) is 18.4. The molecule has 0 radical (unpaired) electrons. The first-order chi connectivity index (χ1) is 12.6. The molecule has 1 unspecified atom stereocenters. The maximum absolute atomic E-state index is 11.6. The number of hydrogen-bond donors (Lipinski definition) is 1. The van der Waals surface area contributed by atoms with Gasteiger partial charge in [0.25, 0.3) is 0 Å². The fourth-order valence-electron chi connectivity index (χ4n) is 3.84. The van der Waals surface area contributed by atoms with Gasteiger partial charge in [-0.05, 0) is 19.3 Å². The van der Waals surface area contributed by atoms with Crippen LogP contribution < -0.4 is 4.89 Å². The standard InChI is InChI=1S/C22H46NO2P/c1-4-7-10-13-14-15-18-21-22(25-26(23)24,19-16-11-8-5-2)20-17-12-9-6-3/h23H,4-21H2,1-3H3. The molecule has 0 aliphatic heterocycles. The molecule has 0 amide bonds. The summed E-state index contributed by atoms with van der Waals surface area (Å²) in [5.41, 5.74) is -0.305. The Morgan fingerprint density at radius 2 is 0.923 bits per heavy atom. The Morgan fingerprint density at radius 1 is 0.615 bits per heavy atom. The molecule has 0 aliphatic rings. The van der Waals surface area contributed by atoms with E-state index in [2.05, 4.69) is 20.8 Å². The summed E-state index contributed by atoms with van der Waals surface area (Å²) in [6, 6.07) is 0. The molecule has 3 nitrogen and oxygen atoms in total. The van der Waals surface area contributed by atoms with Gasteiger partial charge in [0.2, 0.25) is 0 Å². The van der Waals surface area contributed by atoms with E-state index in [1.165, 1.54) is 77.0 Å². The van der Waals surface area contributed by atoms with Crippen molar-refractivity contribution in [3.8, 4) is 0 Å². The highest BCUT2D eigenvalue weighted by atomic mass is 31.1. The zero-order valence-electron chi connectivity index (χ0n) is 18.0. The average Bonchev–Trinajstić information content (AvgIpc) is 2.61. The van der Waals surface area contributed by atoms with Crippen molar-refractivity contribution in [2.45, 2.75) is 142 Å². The quantitative estimate of drug-likeness (QED) is 0.169. The zero-order valence-corrected chi connectivity index (χ0v) is 18.9. The molecular formula is C22H46NO2P. The SMILES string of the molecule is CCCCCCCCCC(CCCCCC)(CCCCCC)O[P+](=N)[O-]. The molecular weight excluding hydrogens is 341 g/mol. The van der Waals surface area contributed by atoms with Crippen LogP contribution in [0.5, 0.6) is 0 Å². The lowest BCUT2D eigenvalue weighted by atomic mass is 9.85. The first kappa shape index (κ1) is 26.0. The highest BCUT2D eigenvalue weighted by Gasteiger charge is 2.34. The second-order valence-electron chi connectivity index (χ2n) is 8.02. The van der Waals surface area contributed by atoms with Crippen LogP contribution in [-0.2, 0) is 4.52 Å². The first-order valence-electron chi connectivity index (χ1n) is 11.5. The van der Waals surface area contributed by atoms with E-state index in [0.29, 0.717) is 0 Å². The van der Waals surface area contributed by atoms with Crippen molar-refractivity contribution in [3.63, 3.8) is 0 Å². The normalized spacial score (nSPS) is 12.5. The van der Waals surface area contributed by atoms with Gasteiger partial charge in [-0.25, -0.2) is 0 Å². The molecule has 26 heavy (non-hydrogen) atoms. The van der Waals surface area contributed by atoms with E-state index in [9.17, 15) is 4.89 Å². The lowest BCUT2D eigenvalue weighted by molar-refractivity contribution is -0.188. The van der Waals surface area contributed by atoms with E-state index >= 15 is 0 Å². The average molecular weight is 388 g/mol. The Hall–Kier alpha value is 0.0200. The molecule has 0 aliphatic carbocycles. The first-order valence-corrected chi connectivity index (χ1v) is 12.7. The molecule has 0 fully saturated rings. The molecule has 156 valence electrons. The maximum Gasteiger partial charge on any atom is 0.339 e. The third kappa shape index (κ3) is 15.1. The number of nitrogens with one attached hydrogen (secondary N) is 1. The van der Waals surface area contributed by atoms with Gasteiger partial charge in [0.05, 0.1) is 0 Å². The highest BCUT2D eigenvalue weighted by molar-refractivity contribution is 7.31. The largest absolute Gasteiger partial charge is 0.584 e. The van der Waals surface area contributed by atoms with Crippen LogP contribution >= 0.6 is 8.17 Å². The highest BCUT2D eigenvalue weighted by Crippen LogP contribution is 2.38. The fourth-order valence-corrected chi connectivity index (χ4v) is 4.47. The van der Waals surface area contributed by atoms with Gasteiger partial charge in [0.1, 0.15) is 5.60 Å². The van der Waals surface area contributed by atoms with Crippen molar-refractivity contribution in [3.05, 3.63) is 0 Å². The van der Waals surface area contributed by atoms with E-state index in [1.807, 2.05) is 0 Å². The minimum Gasteiger partial charge on any atom is -0.584 e. The van der Waals surface area contributed by atoms with Crippen molar-refractivity contribution in [1.82, 2.24) is 0 Å². The molecule has 0 saturated carbocycles. The van der Waals surface area contributed by atoms with Crippen molar-refractivity contribution < 1.29 is 9.42 Å². The van der Waals surface area contributed by atoms with Crippen LogP contribution in [0.1, 0.15) is 136 Å². The van der Waals surface area contributed by atoms with E-state index in [-0.39, 0.29) is 5.60 Å². The Balaban J connectivity index is 4.52. The monoisotopic (exact) mass is 387 g/mol. The molecule has 0 aromatic carbocycles. The Kier molecular flexibility index (Phi) is 18.4. The fraction of sp³-hybridized carbons (Fsp3) is 1.00. The third-order valence-corrected chi connectivity index (χ3v) is 6.04. The zero-order chi connectivity index (χ0) is 19.5. The van der Waals surface area contributed by atoms with Gasteiger partial charge in [-0.3, -0.25) is 0 Å². The van der Waals surface area contributed by atoms with Crippen LogP contribution in [0.25, 0.3) is 0 Å². The number of hydrogen-bond acceptors (Lipinski definition) is 3. The van der Waals surface area contributed by atoms with E-state index in [4.69, 9.17) is 9.69 Å². The summed E-state index contributed by atoms with van der Waals surface area (Å²) in [6.07, 6.45) is 21.7. The van der Waals surface area contributed by atoms with E-state index in [1.54, 1.807) is 0 Å². The smallest absolute Gasteiger partial charge is 0.339 e. The predicted octanol–water partition coefficient (Wildman–Crippen LogP) is 8.26. The summed E-state index contributed by atoms with van der Waals surface area (Å²) < 4.78 is 5.82. The van der Waals surface area contributed by atoms with E-state index in [0.717, 1.165) is 38.5 Å². The predicted molar refractivity (Wildman–Crippen MR) is 114 cm³/mol. The summed E-state index contributed by atoms with van der Waals surface area (Å²) in [5.74, 6) is 0. The lowest BCUT2D eigenvalue weighted by Crippen LogP contribution is -2.31. The number of unbranched alkanes of at least 4 members (excludes halogenated alkanes) is 12. The van der Waals surface area contributed by atoms with Crippen molar-refractivity contribution in [1.29, 1.82) is 5.16 Å². The van der Waals surface area contributed by atoms with Crippen LogP contribution in [0, 0.1) is 5.16 Å². The molecule has 0 aromatic rings. The van der Waals surface area contributed by atoms with Crippen LogP contribution in [-0.4, -0.2) is 5.60 Å². The minimum absolute atomic E-state index is 0.305. The Morgan fingerprint density at radius 3 is 1.27 bits per heavy atom. The molecule has 0 saturated heterocycles. The lowest BCUT2D eigenvalue weighted by Gasteiger charge is -2.30. The maximum atomic E-state index is 11.6. The van der Waals surface area contributed by atoms with Gasteiger partial charge in [-0.1, -0.05) is 122 Å². The number of rotatable bonds is 20. The van der Waals surface area contributed by atoms with Gasteiger partial charge >= 0.3 is 8.17 Å². The van der Waals surface area contributed by atoms with Crippen LogP contribution in [0.15, 0.2) is 0 Å². The van der Waals surface area contributed by atoms with Gasteiger partial charge in [0, 0.05) is 0 Å². The van der Waals surface area contributed by atoms with Crippen LogP contribution in [0.2, 0.25) is 0 Å². The summed E-state index contributed by atoms with van der Waals surface area (Å²) >= 11 is 0. The van der Waals surface area contributed by atoms with Gasteiger partial charge in [-0.15, -0.1) is 0 Å². The van der Waals surface area contributed by atoms with E-state index < -0.39 is 8.17 Å². The molecule has 0 rings (SSSR count). The van der Waals surface area contributed by atoms with Crippen LogP contribution in [0.3, 0.4) is 0 Å². The summed E-state index contributed by atoms with van der Waals surface area (Å²) in [4.78, 5) is 11.6. The Labute approximate surface area is 165 Å². The molecule has 0 spiro atoms. The molecule has 0 aromatic heterocycles. The van der Waals surface area contributed by atoms with Crippen molar-refractivity contribution >= 4 is 8.17 Å². The third-order valence-electron chi connectivity index (χ3n) is 5.48. The van der Waals surface area contributed by atoms with Crippen molar-refractivity contribution in [2.75, 3.05) is 0 Å². The van der Waals surface area contributed by atoms with Gasteiger partial charge < -0.3 is 4.89 Å². The molecule has 1 atom stereocenters. The summed E-state index contributed by atoms with van der Waals surface area (Å²) in [6.45, 7) is 6.71.